The van der Waals surface area contributed by atoms with Gasteiger partial charge in [0.1, 0.15) is 0 Å². The molecule has 1 aromatic carbocycles. The highest BCUT2D eigenvalue weighted by Gasteiger charge is 2.13. The molecule has 0 amide bonds. The van der Waals surface area contributed by atoms with E-state index in [2.05, 4.69) is 4.74 Å². The van der Waals surface area contributed by atoms with Gasteiger partial charge in [-0.05, 0) is 34.7 Å². The third-order valence-electron chi connectivity index (χ3n) is 1.40. The van der Waals surface area contributed by atoms with Crippen LogP contribution in [0.1, 0.15) is 10.4 Å². The first-order valence-corrected chi connectivity index (χ1v) is 4.37. The Balaban J connectivity index is 3.20. The van der Waals surface area contributed by atoms with Gasteiger partial charge in [0.2, 0.25) is 0 Å². The van der Waals surface area contributed by atoms with Gasteiger partial charge in [0.15, 0.2) is 11.6 Å². The summed E-state index contributed by atoms with van der Waals surface area (Å²) >= 11 is 1.60. The van der Waals surface area contributed by atoms with Gasteiger partial charge in [-0.25, -0.2) is 13.6 Å². The number of rotatable bonds is 1. The molecule has 0 unspecified atom stereocenters. The summed E-state index contributed by atoms with van der Waals surface area (Å²) < 4.78 is 29.9. The maximum Gasteiger partial charge on any atom is 0.337 e. The molecule has 0 aliphatic rings. The van der Waals surface area contributed by atoms with Crippen LogP contribution in [0.2, 0.25) is 0 Å². The number of ether oxygens (including phenoxy) is 1. The van der Waals surface area contributed by atoms with Gasteiger partial charge in [-0.2, -0.15) is 0 Å². The van der Waals surface area contributed by atoms with E-state index in [0.717, 1.165) is 6.07 Å². The summed E-state index contributed by atoms with van der Waals surface area (Å²) in [5.74, 6) is -2.68. The van der Waals surface area contributed by atoms with Crippen LogP contribution in [0.3, 0.4) is 0 Å². The molecule has 0 fully saturated rings. The summed E-state index contributed by atoms with van der Waals surface area (Å²) in [6, 6.07) is 2.04. The Bertz CT molecular complexity index is 329. The Morgan fingerprint density at radius 3 is 2.54 bits per heavy atom. The highest BCUT2D eigenvalue weighted by molar-refractivity contribution is 14.1. The minimum Gasteiger partial charge on any atom is -0.465 e. The van der Waals surface area contributed by atoms with Crippen molar-refractivity contribution >= 4 is 28.6 Å². The molecule has 5 heteroatoms. The van der Waals surface area contributed by atoms with Crippen molar-refractivity contribution in [2.24, 2.45) is 0 Å². The van der Waals surface area contributed by atoms with Crippen LogP contribution in [-0.2, 0) is 4.74 Å². The van der Waals surface area contributed by atoms with E-state index in [4.69, 9.17) is 0 Å². The van der Waals surface area contributed by atoms with E-state index in [-0.39, 0.29) is 9.13 Å². The summed E-state index contributed by atoms with van der Waals surface area (Å²) in [5.41, 5.74) is 0.00537. The molecule has 0 aliphatic heterocycles. The second-order valence-electron chi connectivity index (χ2n) is 2.25. The van der Waals surface area contributed by atoms with Crippen LogP contribution >= 0.6 is 22.6 Å². The van der Waals surface area contributed by atoms with Crippen molar-refractivity contribution in [1.82, 2.24) is 0 Å². The Labute approximate surface area is 87.0 Å². The van der Waals surface area contributed by atoms with Gasteiger partial charge in [0.25, 0.3) is 0 Å². The molecule has 70 valence electrons. The molecule has 0 atom stereocenters. The molecule has 2 nitrogen and oxygen atoms in total. The van der Waals surface area contributed by atoms with Gasteiger partial charge in [0, 0.05) is 0 Å². The molecule has 1 aromatic rings. The van der Waals surface area contributed by atoms with Crippen LogP contribution in [-0.4, -0.2) is 13.1 Å². The number of methoxy groups -OCH3 is 1. The number of benzene rings is 1. The maximum absolute atomic E-state index is 12.7. The zero-order valence-electron chi connectivity index (χ0n) is 6.61. The van der Waals surface area contributed by atoms with Crippen molar-refractivity contribution in [3.8, 4) is 0 Å². The summed E-state index contributed by atoms with van der Waals surface area (Å²) in [7, 11) is 1.18. The van der Waals surface area contributed by atoms with E-state index in [0.29, 0.717) is 0 Å². The fourth-order valence-electron chi connectivity index (χ4n) is 0.791. The second kappa shape index (κ2) is 3.99. The van der Waals surface area contributed by atoms with Crippen molar-refractivity contribution in [3.05, 3.63) is 32.9 Å². The summed E-state index contributed by atoms with van der Waals surface area (Å²) in [6.07, 6.45) is 0. The Kier molecular flexibility index (Phi) is 3.18. The van der Waals surface area contributed by atoms with Crippen molar-refractivity contribution < 1.29 is 18.3 Å². The predicted molar refractivity (Wildman–Crippen MR) is 50.4 cm³/mol. The van der Waals surface area contributed by atoms with E-state index >= 15 is 0 Å². The zero-order valence-corrected chi connectivity index (χ0v) is 8.76. The molecule has 0 aromatic heterocycles. The molecule has 0 N–H and O–H groups in total. The van der Waals surface area contributed by atoms with E-state index < -0.39 is 17.6 Å². The first-order valence-electron chi connectivity index (χ1n) is 3.29. The molecule has 0 spiro atoms. The van der Waals surface area contributed by atoms with Crippen molar-refractivity contribution in [2.75, 3.05) is 7.11 Å². The van der Waals surface area contributed by atoms with Crippen molar-refractivity contribution in [3.63, 3.8) is 0 Å². The Morgan fingerprint density at radius 2 is 2.08 bits per heavy atom. The van der Waals surface area contributed by atoms with Crippen LogP contribution < -0.4 is 0 Å². The molecule has 1 rings (SSSR count). The molecular weight excluding hydrogens is 293 g/mol. The van der Waals surface area contributed by atoms with Crippen LogP contribution in [0.5, 0.6) is 0 Å². The number of carbonyl (C=O) groups excluding carboxylic acids is 1. The Hall–Kier alpha value is -0.720. The molecule has 0 saturated carbocycles. The van der Waals surface area contributed by atoms with Gasteiger partial charge in [-0.1, -0.05) is 0 Å². The van der Waals surface area contributed by atoms with Crippen LogP contribution in [0.15, 0.2) is 12.1 Å². The lowest BCUT2D eigenvalue weighted by Crippen LogP contribution is -2.03. The zero-order chi connectivity index (χ0) is 10.0. The molecular formula is C8H5F2IO2. The predicted octanol–water partition coefficient (Wildman–Crippen LogP) is 2.36. The number of carbonyl (C=O) groups is 1. The molecule has 0 bridgehead atoms. The maximum atomic E-state index is 12.7. The summed E-state index contributed by atoms with van der Waals surface area (Å²) in [6.45, 7) is 0. The fourth-order valence-corrected chi connectivity index (χ4v) is 1.38. The van der Waals surface area contributed by atoms with Crippen molar-refractivity contribution in [2.45, 2.75) is 0 Å². The van der Waals surface area contributed by atoms with E-state index in [9.17, 15) is 13.6 Å². The van der Waals surface area contributed by atoms with E-state index in [1.54, 1.807) is 22.6 Å². The lowest BCUT2D eigenvalue weighted by molar-refractivity contribution is 0.0600. The third kappa shape index (κ3) is 2.15. The molecule has 0 aliphatic carbocycles. The second-order valence-corrected chi connectivity index (χ2v) is 3.41. The van der Waals surface area contributed by atoms with E-state index in [1.165, 1.54) is 13.2 Å². The number of hydrogen-bond donors (Lipinski definition) is 0. The molecule has 0 saturated heterocycles. The number of hydrogen-bond acceptors (Lipinski definition) is 2. The summed E-state index contributed by atoms with van der Waals surface area (Å²) in [4.78, 5) is 10.9. The monoisotopic (exact) mass is 298 g/mol. The first kappa shape index (κ1) is 10.4. The standard InChI is InChI=1S/C8H5F2IO2/c1-13-8(12)4-2-5(9)7(10)6(11)3-4/h2-3H,1H3. The number of halogens is 3. The topological polar surface area (TPSA) is 26.3 Å². The van der Waals surface area contributed by atoms with Crippen molar-refractivity contribution in [1.29, 1.82) is 0 Å². The van der Waals surface area contributed by atoms with Gasteiger partial charge in [-0.15, -0.1) is 0 Å². The molecule has 0 heterocycles. The van der Waals surface area contributed by atoms with Crippen LogP contribution in [0, 0.1) is 15.2 Å². The van der Waals surface area contributed by atoms with Gasteiger partial charge in [0.05, 0.1) is 16.2 Å². The fraction of sp³-hybridized carbons (Fsp3) is 0.125. The SMILES string of the molecule is COC(=O)c1cc(F)c(F)c(I)c1. The smallest absolute Gasteiger partial charge is 0.337 e. The average Bonchev–Trinajstić information content (AvgIpc) is 2.12. The normalized spacial score (nSPS) is 9.85. The van der Waals surface area contributed by atoms with Gasteiger partial charge < -0.3 is 4.74 Å². The third-order valence-corrected chi connectivity index (χ3v) is 2.19. The lowest BCUT2D eigenvalue weighted by atomic mass is 10.2. The largest absolute Gasteiger partial charge is 0.465 e. The quantitative estimate of drug-likeness (QED) is 0.452. The molecule has 0 radical (unpaired) electrons. The minimum absolute atomic E-state index is 0.00537. The van der Waals surface area contributed by atoms with E-state index in [1.807, 2.05) is 0 Å². The Morgan fingerprint density at radius 1 is 1.46 bits per heavy atom. The van der Waals surface area contributed by atoms with Crippen LogP contribution in [0.25, 0.3) is 0 Å². The highest BCUT2D eigenvalue weighted by Crippen LogP contribution is 2.17. The van der Waals surface area contributed by atoms with Gasteiger partial charge in [-0.3, -0.25) is 0 Å². The van der Waals surface area contributed by atoms with Crippen LogP contribution in [0.4, 0.5) is 8.78 Å². The lowest BCUT2D eigenvalue weighted by Gasteiger charge is -2.01. The minimum atomic E-state index is -1.05. The highest BCUT2D eigenvalue weighted by atomic mass is 127. The number of esters is 1. The molecule has 13 heavy (non-hydrogen) atoms. The first-order chi connectivity index (χ1) is 6.06. The van der Waals surface area contributed by atoms with Gasteiger partial charge >= 0.3 is 5.97 Å². The average molecular weight is 298 g/mol. The summed E-state index contributed by atoms with van der Waals surface area (Å²) in [5, 5.41) is 0.